The Kier molecular flexibility index (Phi) is 4.86. The van der Waals surface area contributed by atoms with Crippen molar-refractivity contribution < 1.29 is 14.6 Å². The summed E-state index contributed by atoms with van der Waals surface area (Å²) in [5.41, 5.74) is 0.778. The lowest BCUT2D eigenvalue weighted by Crippen LogP contribution is -2.45. The molecule has 4 heteroatoms. The molecule has 126 valence electrons. The molecule has 1 aliphatic heterocycles. The monoisotopic (exact) mass is 325 g/mol. The molecule has 2 aromatic carbocycles. The number of hydrogen-bond donors (Lipinski definition) is 1. The number of ether oxygens (including phenoxy) is 1. The zero-order valence-electron chi connectivity index (χ0n) is 13.9. The summed E-state index contributed by atoms with van der Waals surface area (Å²) in [7, 11) is 1.66. The van der Waals surface area contributed by atoms with Gasteiger partial charge in [-0.3, -0.25) is 4.79 Å². The summed E-state index contributed by atoms with van der Waals surface area (Å²) in [5.74, 6) is 0.840. The van der Waals surface area contributed by atoms with Crippen LogP contribution in [0.4, 0.5) is 5.69 Å². The molecule has 0 atom stereocenters. The highest BCUT2D eigenvalue weighted by atomic mass is 16.5. The van der Waals surface area contributed by atoms with Crippen LogP contribution >= 0.6 is 0 Å². The summed E-state index contributed by atoms with van der Waals surface area (Å²) in [5, 5.41) is 10.8. The highest BCUT2D eigenvalue weighted by Crippen LogP contribution is 2.34. The number of nitrogens with zero attached hydrogens (tertiary/aromatic N) is 1. The van der Waals surface area contributed by atoms with E-state index >= 15 is 0 Å². The molecule has 0 aromatic heterocycles. The van der Waals surface area contributed by atoms with Crippen LogP contribution < -0.4 is 9.64 Å². The number of Topliss-reactive ketones (excluding diaryl/α,β-unsaturated/α-hetero) is 1. The summed E-state index contributed by atoms with van der Waals surface area (Å²) >= 11 is 0. The predicted molar refractivity (Wildman–Crippen MR) is 94.8 cm³/mol. The second kappa shape index (κ2) is 7.05. The fourth-order valence-electron chi connectivity index (χ4n) is 3.26. The van der Waals surface area contributed by atoms with Gasteiger partial charge in [-0.2, -0.15) is 0 Å². The van der Waals surface area contributed by atoms with Gasteiger partial charge in [-0.05, 0) is 25.0 Å². The molecule has 4 nitrogen and oxygen atoms in total. The van der Waals surface area contributed by atoms with Crippen molar-refractivity contribution in [2.45, 2.75) is 24.9 Å². The molecule has 0 amide bonds. The summed E-state index contributed by atoms with van der Waals surface area (Å²) in [6.07, 6.45) is 1.32. The first kappa shape index (κ1) is 16.5. The molecule has 0 unspecified atom stereocenters. The smallest absolute Gasteiger partial charge is 0.165 e. The number of methoxy groups -OCH3 is 1. The highest BCUT2D eigenvalue weighted by molar-refractivity contribution is 5.96. The molecule has 0 aliphatic carbocycles. The van der Waals surface area contributed by atoms with Gasteiger partial charge in [0.2, 0.25) is 0 Å². The van der Waals surface area contributed by atoms with Crippen LogP contribution in [0.1, 0.15) is 29.6 Å². The molecule has 1 N–H and O–H groups in total. The Hall–Kier alpha value is -2.33. The first-order valence-corrected chi connectivity index (χ1v) is 8.30. The Balaban J connectivity index is 1.64. The number of aliphatic hydroxyl groups is 1. The molecule has 1 heterocycles. The number of piperidine rings is 1. The van der Waals surface area contributed by atoms with E-state index in [0.717, 1.165) is 11.4 Å². The van der Waals surface area contributed by atoms with Crippen LogP contribution in [0.5, 0.6) is 5.75 Å². The normalized spacial score (nSPS) is 16.7. The first-order valence-electron chi connectivity index (χ1n) is 8.30. The van der Waals surface area contributed by atoms with Gasteiger partial charge < -0.3 is 14.7 Å². The lowest BCUT2D eigenvalue weighted by Gasteiger charge is -2.39. The topological polar surface area (TPSA) is 49.8 Å². The van der Waals surface area contributed by atoms with Gasteiger partial charge in [-0.25, -0.2) is 0 Å². The third-order valence-corrected chi connectivity index (χ3v) is 4.71. The minimum absolute atomic E-state index is 0.00356. The second-order valence-electron chi connectivity index (χ2n) is 6.35. The fourth-order valence-corrected chi connectivity index (χ4v) is 3.26. The second-order valence-corrected chi connectivity index (χ2v) is 6.35. The summed E-state index contributed by atoms with van der Waals surface area (Å²) < 4.78 is 5.41. The van der Waals surface area contributed by atoms with E-state index in [0.29, 0.717) is 31.5 Å². The van der Waals surface area contributed by atoms with Crippen LogP contribution in [-0.4, -0.2) is 36.7 Å². The number of hydrogen-bond acceptors (Lipinski definition) is 4. The van der Waals surface area contributed by atoms with Crippen molar-refractivity contribution in [1.29, 1.82) is 0 Å². The van der Waals surface area contributed by atoms with Crippen LogP contribution in [0.25, 0.3) is 0 Å². The van der Waals surface area contributed by atoms with Gasteiger partial charge in [0.25, 0.3) is 0 Å². The molecule has 2 aromatic rings. The largest absolute Gasteiger partial charge is 0.495 e. The van der Waals surface area contributed by atoms with Crippen molar-refractivity contribution in [2.24, 2.45) is 0 Å². The number of carbonyl (C=O) groups excluding carboxylic acids is 1. The standard InChI is InChI=1S/C20H23NO3/c1-24-19-10-6-5-9-17(19)21-13-11-20(23,12-14-21)15-18(22)16-7-3-2-4-8-16/h2-10,23H,11-15H2,1H3. The molecule has 0 spiro atoms. The lowest BCUT2D eigenvalue weighted by atomic mass is 9.85. The van der Waals surface area contributed by atoms with E-state index in [2.05, 4.69) is 4.90 Å². The van der Waals surface area contributed by atoms with Gasteiger partial charge in [0.05, 0.1) is 18.4 Å². The predicted octanol–water partition coefficient (Wildman–Crippen LogP) is 3.30. The minimum atomic E-state index is -0.925. The average molecular weight is 325 g/mol. The number of anilines is 1. The SMILES string of the molecule is COc1ccccc1N1CCC(O)(CC(=O)c2ccccc2)CC1. The van der Waals surface area contributed by atoms with E-state index in [1.165, 1.54) is 0 Å². The van der Waals surface area contributed by atoms with Gasteiger partial charge in [-0.15, -0.1) is 0 Å². The lowest BCUT2D eigenvalue weighted by molar-refractivity contribution is 0.0108. The molecule has 1 fully saturated rings. The molecule has 1 aliphatic rings. The first-order chi connectivity index (χ1) is 11.6. The average Bonchev–Trinajstić information content (AvgIpc) is 2.63. The van der Waals surface area contributed by atoms with E-state index in [-0.39, 0.29) is 12.2 Å². The van der Waals surface area contributed by atoms with Crippen LogP contribution in [0.3, 0.4) is 0 Å². The zero-order chi connectivity index (χ0) is 17.0. The van der Waals surface area contributed by atoms with Crippen LogP contribution in [0.2, 0.25) is 0 Å². The van der Waals surface area contributed by atoms with Crippen LogP contribution in [0, 0.1) is 0 Å². The molecule has 0 radical (unpaired) electrons. The van der Waals surface area contributed by atoms with Gasteiger partial charge in [0.1, 0.15) is 5.75 Å². The maximum atomic E-state index is 12.4. The Morgan fingerprint density at radius 3 is 2.38 bits per heavy atom. The number of carbonyl (C=O) groups is 1. The molecule has 3 rings (SSSR count). The highest BCUT2D eigenvalue weighted by Gasteiger charge is 2.35. The van der Waals surface area contributed by atoms with E-state index in [1.807, 2.05) is 42.5 Å². The third kappa shape index (κ3) is 3.60. The van der Waals surface area contributed by atoms with E-state index in [4.69, 9.17) is 4.74 Å². The van der Waals surface area contributed by atoms with Crippen molar-refractivity contribution in [3.8, 4) is 5.75 Å². The quantitative estimate of drug-likeness (QED) is 0.857. The fraction of sp³-hybridized carbons (Fsp3) is 0.350. The Bertz CT molecular complexity index is 691. The van der Waals surface area contributed by atoms with E-state index < -0.39 is 5.60 Å². The van der Waals surface area contributed by atoms with Crippen molar-refractivity contribution in [2.75, 3.05) is 25.1 Å². The molecule has 0 saturated carbocycles. The maximum absolute atomic E-state index is 12.4. The Morgan fingerprint density at radius 2 is 1.71 bits per heavy atom. The number of ketones is 1. The number of rotatable bonds is 5. The van der Waals surface area contributed by atoms with Crippen molar-refractivity contribution >= 4 is 11.5 Å². The Labute approximate surface area is 142 Å². The molecular weight excluding hydrogens is 302 g/mol. The van der Waals surface area contributed by atoms with Crippen LogP contribution in [0.15, 0.2) is 54.6 Å². The molecule has 1 saturated heterocycles. The minimum Gasteiger partial charge on any atom is -0.495 e. The van der Waals surface area contributed by atoms with E-state index in [9.17, 15) is 9.90 Å². The third-order valence-electron chi connectivity index (χ3n) is 4.71. The van der Waals surface area contributed by atoms with Crippen molar-refractivity contribution in [3.05, 3.63) is 60.2 Å². The number of para-hydroxylation sites is 2. The van der Waals surface area contributed by atoms with Crippen LogP contribution in [-0.2, 0) is 0 Å². The zero-order valence-corrected chi connectivity index (χ0v) is 13.9. The number of benzene rings is 2. The summed E-state index contributed by atoms with van der Waals surface area (Å²) in [6.45, 7) is 1.41. The Morgan fingerprint density at radius 1 is 1.08 bits per heavy atom. The molecule has 0 bridgehead atoms. The van der Waals surface area contributed by atoms with Crippen molar-refractivity contribution in [3.63, 3.8) is 0 Å². The van der Waals surface area contributed by atoms with Gasteiger partial charge in [0, 0.05) is 25.1 Å². The maximum Gasteiger partial charge on any atom is 0.165 e. The molecule has 24 heavy (non-hydrogen) atoms. The molecular formula is C20H23NO3. The van der Waals surface area contributed by atoms with E-state index in [1.54, 1.807) is 19.2 Å². The summed E-state index contributed by atoms with van der Waals surface area (Å²) in [4.78, 5) is 14.6. The van der Waals surface area contributed by atoms with Crippen molar-refractivity contribution in [1.82, 2.24) is 0 Å². The van der Waals surface area contributed by atoms with Gasteiger partial charge in [0.15, 0.2) is 5.78 Å². The summed E-state index contributed by atoms with van der Waals surface area (Å²) in [6, 6.07) is 17.1. The van der Waals surface area contributed by atoms with Gasteiger partial charge in [-0.1, -0.05) is 42.5 Å². The van der Waals surface area contributed by atoms with Gasteiger partial charge >= 0.3 is 0 Å².